The first-order valence-electron chi connectivity index (χ1n) is 0.365. The molecule has 0 saturated heterocycles. The van der Waals surface area contributed by atoms with E-state index < -0.39 is 0 Å². The van der Waals surface area contributed by atoms with Crippen LogP contribution in [0.3, 0.4) is 0 Å². The van der Waals surface area contributed by atoms with E-state index >= 15 is 0 Å². The summed E-state index contributed by atoms with van der Waals surface area (Å²) in [6.45, 7) is 0. The molecule has 0 N–H and O–H groups in total. The van der Waals surface area contributed by atoms with E-state index in [1.54, 1.807) is 0 Å². The largest absolute Gasteiger partial charge is 0.1000 e. The van der Waals surface area contributed by atoms with Gasteiger partial charge in [0.1, 0.15) is 0 Å². The van der Waals surface area contributed by atoms with Gasteiger partial charge in [0.15, 0.2) is 0 Å². The van der Waals surface area contributed by atoms with E-state index in [9.17, 15) is 0 Å². The third-order valence-electron chi connectivity index (χ3n) is 0. The molecule has 0 aliphatic heterocycles. The van der Waals surface area contributed by atoms with Crippen molar-refractivity contribution >= 4 is 33.1 Å². The van der Waals surface area contributed by atoms with E-state index in [0.29, 0.717) is 0 Å². The van der Waals surface area contributed by atoms with Crippen LogP contribution in [0.5, 0.6) is 0 Å². The van der Waals surface area contributed by atoms with Gasteiger partial charge in [-0.3, -0.25) is 0 Å². The molecule has 0 bridgehead atoms. The van der Waals surface area contributed by atoms with Gasteiger partial charge in [-0.25, -0.2) is 0 Å². The Bertz CT molecular complexity index is 3.25. The summed E-state index contributed by atoms with van der Waals surface area (Å²) in [5.41, 5.74) is 0. The molecule has 0 aromatic rings. The maximum atomic E-state index is 3.57. The molecule has 0 spiro atoms. The average Bonchev–Trinajstić information content (AvgIpc) is 0.918. The fraction of sp³-hybridized carbons (Fsp3) is 0. The number of rotatable bonds is 0. The van der Waals surface area contributed by atoms with Crippen LogP contribution in [0.2, 0.25) is 0 Å². The van der Waals surface area contributed by atoms with Gasteiger partial charge in [0.2, 0.25) is 0 Å². The molecule has 0 saturated carbocycles. The molecule has 0 rings (SSSR count). The Morgan fingerprint density at radius 1 is 1.25 bits per heavy atom. The summed E-state index contributed by atoms with van der Waals surface area (Å²) in [5, 5.41) is 0. The van der Waals surface area contributed by atoms with E-state index in [4.69, 9.17) is 0 Å². The topological polar surface area (TPSA) is 0 Å². The zero-order chi connectivity index (χ0) is 2.71. The minimum absolute atomic E-state index is 0. The van der Waals surface area contributed by atoms with Crippen LogP contribution in [0.1, 0.15) is 0 Å². The van der Waals surface area contributed by atoms with Crippen molar-refractivity contribution in [3.63, 3.8) is 0 Å². The van der Waals surface area contributed by atoms with Crippen LogP contribution < -0.4 is 0 Å². The first kappa shape index (κ1) is 9.13. The molecule has 0 unspecified atom stereocenters. The fourth-order valence-electron chi connectivity index (χ4n) is 0. The number of hydrogen-bond acceptors (Lipinski definition) is 3. The van der Waals surface area contributed by atoms with Crippen LogP contribution >= 0.6 is 33.1 Å². The Labute approximate surface area is 50.2 Å². The van der Waals surface area contributed by atoms with E-state index in [1.807, 2.05) is 0 Å². The molecule has 0 radical (unpaired) electrons. The molecule has 0 amide bonds. The molecule has 4 heteroatoms. The second kappa shape index (κ2) is 8.82. The summed E-state index contributed by atoms with van der Waals surface area (Å²) in [5.74, 6) is 0. The molecule has 0 aromatic carbocycles. The van der Waals surface area contributed by atoms with Gasteiger partial charge in [0, 0.05) is 17.1 Å². The summed E-state index contributed by atoms with van der Waals surface area (Å²) >= 11 is 7.14. The standard InChI is InChI=1S/Fe.H2S3/c;1-3-2/h;1-2H. The van der Waals surface area contributed by atoms with Crippen LogP contribution in [-0.4, -0.2) is 0 Å². The molecule has 28 valence electrons. The molecule has 0 aromatic heterocycles. The maximum Gasteiger partial charge on any atom is 0 e. The fourth-order valence-corrected chi connectivity index (χ4v) is 0. The van der Waals surface area contributed by atoms with Crippen LogP contribution in [0.4, 0.5) is 0 Å². The second-order valence-corrected chi connectivity index (χ2v) is 2.20. The van der Waals surface area contributed by atoms with Crippen LogP contribution in [0.15, 0.2) is 0 Å². The van der Waals surface area contributed by atoms with Gasteiger partial charge >= 0.3 is 0 Å². The predicted octanol–water partition coefficient (Wildman–Crippen LogP) is 1.41. The van der Waals surface area contributed by atoms with Crippen molar-refractivity contribution in [2.24, 2.45) is 0 Å². The van der Waals surface area contributed by atoms with Gasteiger partial charge in [0.05, 0.1) is 0 Å². The number of thiol groups is 2. The van der Waals surface area contributed by atoms with Crippen LogP contribution in [-0.2, 0) is 17.1 Å². The molecular weight excluding hydrogens is 152 g/mol. The van der Waals surface area contributed by atoms with Crippen molar-refractivity contribution < 1.29 is 17.1 Å². The van der Waals surface area contributed by atoms with Crippen molar-refractivity contribution in [1.82, 2.24) is 0 Å². The van der Waals surface area contributed by atoms with Crippen LogP contribution in [0, 0.1) is 0 Å². The molecule has 4 heavy (non-hydrogen) atoms. The average molecular weight is 154 g/mol. The van der Waals surface area contributed by atoms with Crippen molar-refractivity contribution in [3.05, 3.63) is 0 Å². The van der Waals surface area contributed by atoms with Gasteiger partial charge in [-0.1, -0.05) is 23.3 Å². The van der Waals surface area contributed by atoms with Gasteiger partial charge in [-0.05, 0) is 9.83 Å². The molecule has 0 atom stereocenters. The Balaban J connectivity index is 0. The first-order valence-corrected chi connectivity index (χ1v) is 3.29. The third kappa shape index (κ3) is 9.57. The molecule has 0 nitrogen and oxygen atoms in total. The van der Waals surface area contributed by atoms with Crippen molar-refractivity contribution in [1.29, 1.82) is 0 Å². The molecular formula is H2FeS3. The summed E-state index contributed by atoms with van der Waals surface area (Å²) < 4.78 is 0. The monoisotopic (exact) mass is 154 g/mol. The van der Waals surface area contributed by atoms with Crippen molar-refractivity contribution in [2.45, 2.75) is 0 Å². The minimum Gasteiger partial charge on any atom is -0.1000 e. The Morgan fingerprint density at radius 3 is 1.25 bits per heavy atom. The van der Waals surface area contributed by atoms with Gasteiger partial charge in [0.25, 0.3) is 0 Å². The summed E-state index contributed by atoms with van der Waals surface area (Å²) in [6, 6.07) is 0. The summed E-state index contributed by atoms with van der Waals surface area (Å²) in [6.07, 6.45) is 0. The van der Waals surface area contributed by atoms with Gasteiger partial charge < -0.3 is 0 Å². The Hall–Kier alpha value is 1.57. The Kier molecular flexibility index (Phi) is 20.1. The van der Waals surface area contributed by atoms with E-state index in [0.717, 1.165) is 9.83 Å². The normalized spacial score (nSPS) is 4.50. The molecule has 0 heterocycles. The molecule has 0 aliphatic carbocycles. The van der Waals surface area contributed by atoms with E-state index in [-0.39, 0.29) is 17.1 Å². The quantitative estimate of drug-likeness (QED) is 0.302. The molecule has 0 fully saturated rings. The summed E-state index contributed by atoms with van der Waals surface area (Å²) in [4.78, 5) is 0. The maximum absolute atomic E-state index is 3.57. The smallest absolute Gasteiger partial charge is 0 e. The Morgan fingerprint density at radius 2 is 1.25 bits per heavy atom. The second-order valence-electron chi connectivity index (χ2n) is 0.0816. The van der Waals surface area contributed by atoms with Gasteiger partial charge in [-0.15, -0.1) is 0 Å². The minimum atomic E-state index is 0. The van der Waals surface area contributed by atoms with E-state index in [2.05, 4.69) is 23.3 Å². The van der Waals surface area contributed by atoms with Gasteiger partial charge in [-0.2, -0.15) is 0 Å². The SMILES string of the molecule is SSS.[Fe]. The zero-order valence-corrected chi connectivity index (χ0v) is 5.37. The predicted molar refractivity (Wildman–Crippen MR) is 25.6 cm³/mol. The van der Waals surface area contributed by atoms with Crippen molar-refractivity contribution in [3.8, 4) is 0 Å². The first-order chi connectivity index (χ1) is 1.41. The zero-order valence-electron chi connectivity index (χ0n) is 1.66. The van der Waals surface area contributed by atoms with Crippen LogP contribution in [0.25, 0.3) is 0 Å². The van der Waals surface area contributed by atoms with Crippen molar-refractivity contribution in [2.75, 3.05) is 0 Å². The third-order valence-corrected chi connectivity index (χ3v) is 0. The number of hydrogen-bond donors (Lipinski definition) is 2. The molecule has 0 aliphatic rings. The van der Waals surface area contributed by atoms with E-state index in [1.165, 1.54) is 0 Å². The summed E-state index contributed by atoms with van der Waals surface area (Å²) in [7, 11) is 1.14.